The number of thiocarbonyl (C=S) groups is 1. The van der Waals surface area contributed by atoms with E-state index in [2.05, 4.69) is 59.7 Å². The van der Waals surface area contributed by atoms with E-state index in [1.54, 1.807) is 0 Å². The SMILES string of the molecule is CC(C)COc1ccc(C(C)CC(N)=S)cc1C(C)(C)C. The molecular formula is C18H29NOS. The van der Waals surface area contributed by atoms with Gasteiger partial charge >= 0.3 is 0 Å². The molecule has 1 unspecified atom stereocenters. The molecule has 21 heavy (non-hydrogen) atoms. The number of ether oxygens (including phenoxy) is 1. The van der Waals surface area contributed by atoms with Gasteiger partial charge in [0.05, 0.1) is 11.6 Å². The van der Waals surface area contributed by atoms with Crippen LogP contribution in [-0.2, 0) is 5.41 Å². The van der Waals surface area contributed by atoms with E-state index >= 15 is 0 Å². The zero-order valence-corrected chi connectivity index (χ0v) is 15.0. The molecule has 1 atom stereocenters. The van der Waals surface area contributed by atoms with Gasteiger partial charge in [-0.25, -0.2) is 0 Å². The van der Waals surface area contributed by atoms with Crippen LogP contribution in [0.15, 0.2) is 18.2 Å². The molecule has 1 aromatic rings. The van der Waals surface area contributed by atoms with Crippen molar-refractivity contribution in [2.45, 2.75) is 59.3 Å². The first-order chi connectivity index (χ1) is 9.61. The third-order valence-electron chi connectivity index (χ3n) is 3.46. The Morgan fingerprint density at radius 1 is 1.24 bits per heavy atom. The Morgan fingerprint density at radius 3 is 2.33 bits per heavy atom. The van der Waals surface area contributed by atoms with Crippen LogP contribution < -0.4 is 10.5 Å². The van der Waals surface area contributed by atoms with Gasteiger partial charge in [0.1, 0.15) is 5.75 Å². The lowest BCUT2D eigenvalue weighted by Gasteiger charge is -2.25. The summed E-state index contributed by atoms with van der Waals surface area (Å²) in [6.45, 7) is 13.9. The van der Waals surface area contributed by atoms with Gasteiger partial charge in [-0.05, 0) is 34.4 Å². The Bertz CT molecular complexity index is 488. The van der Waals surface area contributed by atoms with Gasteiger partial charge in [-0.3, -0.25) is 0 Å². The van der Waals surface area contributed by atoms with Gasteiger partial charge in [-0.2, -0.15) is 0 Å². The van der Waals surface area contributed by atoms with Crippen molar-refractivity contribution in [2.24, 2.45) is 11.7 Å². The Kier molecular flexibility index (Phi) is 6.21. The molecule has 0 aromatic heterocycles. The molecule has 0 saturated carbocycles. The summed E-state index contributed by atoms with van der Waals surface area (Å²) >= 11 is 5.03. The van der Waals surface area contributed by atoms with E-state index in [-0.39, 0.29) is 5.41 Å². The molecule has 0 heterocycles. The fraction of sp³-hybridized carbons (Fsp3) is 0.611. The highest BCUT2D eigenvalue weighted by Gasteiger charge is 2.21. The van der Waals surface area contributed by atoms with Gasteiger partial charge in [0.2, 0.25) is 0 Å². The van der Waals surface area contributed by atoms with Crippen molar-refractivity contribution in [3.8, 4) is 5.75 Å². The fourth-order valence-corrected chi connectivity index (χ4v) is 2.49. The van der Waals surface area contributed by atoms with E-state index in [1.165, 1.54) is 11.1 Å². The maximum atomic E-state index is 5.99. The van der Waals surface area contributed by atoms with Crippen LogP contribution in [0.5, 0.6) is 5.75 Å². The Labute approximate surface area is 135 Å². The molecule has 1 rings (SSSR count). The first-order valence-corrected chi connectivity index (χ1v) is 8.07. The third kappa shape index (κ3) is 5.66. The van der Waals surface area contributed by atoms with Gasteiger partial charge in [-0.1, -0.05) is 65.9 Å². The largest absolute Gasteiger partial charge is 0.493 e. The number of hydrogen-bond acceptors (Lipinski definition) is 2. The highest BCUT2D eigenvalue weighted by Crippen LogP contribution is 2.34. The van der Waals surface area contributed by atoms with E-state index in [4.69, 9.17) is 22.7 Å². The van der Waals surface area contributed by atoms with Crippen molar-refractivity contribution < 1.29 is 4.74 Å². The maximum absolute atomic E-state index is 5.99. The summed E-state index contributed by atoms with van der Waals surface area (Å²) in [4.78, 5) is 0.569. The molecule has 1 aromatic carbocycles. The van der Waals surface area contributed by atoms with Gasteiger partial charge < -0.3 is 10.5 Å². The molecule has 0 aliphatic heterocycles. The second kappa shape index (κ2) is 7.26. The summed E-state index contributed by atoms with van der Waals surface area (Å²) < 4.78 is 5.99. The first-order valence-electron chi connectivity index (χ1n) is 7.66. The lowest BCUT2D eigenvalue weighted by Crippen LogP contribution is -2.17. The molecule has 0 bridgehead atoms. The smallest absolute Gasteiger partial charge is 0.123 e. The van der Waals surface area contributed by atoms with Crippen molar-refractivity contribution in [1.29, 1.82) is 0 Å². The second-order valence-electron chi connectivity index (χ2n) is 7.28. The van der Waals surface area contributed by atoms with Gasteiger partial charge in [0.25, 0.3) is 0 Å². The van der Waals surface area contributed by atoms with Crippen LogP contribution in [0.1, 0.15) is 65.0 Å². The van der Waals surface area contributed by atoms with Crippen molar-refractivity contribution in [3.63, 3.8) is 0 Å². The number of nitrogens with two attached hydrogens (primary N) is 1. The number of rotatable bonds is 6. The summed E-state index contributed by atoms with van der Waals surface area (Å²) in [7, 11) is 0. The quantitative estimate of drug-likeness (QED) is 0.767. The monoisotopic (exact) mass is 307 g/mol. The van der Waals surface area contributed by atoms with Crippen molar-refractivity contribution in [1.82, 2.24) is 0 Å². The molecule has 0 saturated heterocycles. The molecule has 0 aliphatic carbocycles. The van der Waals surface area contributed by atoms with Gasteiger partial charge in [-0.15, -0.1) is 0 Å². The fourth-order valence-electron chi connectivity index (χ4n) is 2.24. The highest BCUT2D eigenvalue weighted by atomic mass is 32.1. The van der Waals surface area contributed by atoms with Crippen molar-refractivity contribution in [3.05, 3.63) is 29.3 Å². The summed E-state index contributed by atoms with van der Waals surface area (Å²) in [6.07, 6.45) is 0.741. The molecule has 0 radical (unpaired) electrons. The maximum Gasteiger partial charge on any atom is 0.123 e. The summed E-state index contributed by atoms with van der Waals surface area (Å²) in [5.74, 6) is 1.84. The van der Waals surface area contributed by atoms with Crippen LogP contribution in [-0.4, -0.2) is 11.6 Å². The Hall–Kier alpha value is -1.09. The van der Waals surface area contributed by atoms with Crippen molar-refractivity contribution >= 4 is 17.2 Å². The average Bonchev–Trinajstić information content (AvgIpc) is 2.34. The van der Waals surface area contributed by atoms with Crippen LogP contribution in [0.4, 0.5) is 0 Å². The summed E-state index contributed by atoms with van der Waals surface area (Å²) in [5.41, 5.74) is 8.23. The lowest BCUT2D eigenvalue weighted by molar-refractivity contribution is 0.265. The van der Waals surface area contributed by atoms with E-state index < -0.39 is 0 Å². The predicted molar refractivity (Wildman–Crippen MR) is 95.3 cm³/mol. The molecule has 3 heteroatoms. The molecular weight excluding hydrogens is 278 g/mol. The van der Waals surface area contributed by atoms with Crippen LogP contribution in [0.3, 0.4) is 0 Å². The highest BCUT2D eigenvalue weighted by molar-refractivity contribution is 7.80. The molecule has 0 amide bonds. The van der Waals surface area contributed by atoms with Crippen molar-refractivity contribution in [2.75, 3.05) is 6.61 Å². The number of benzene rings is 1. The predicted octanol–water partition coefficient (Wildman–Crippen LogP) is 4.80. The average molecular weight is 308 g/mol. The third-order valence-corrected chi connectivity index (χ3v) is 3.63. The van der Waals surface area contributed by atoms with E-state index in [0.29, 0.717) is 16.8 Å². The molecule has 0 fully saturated rings. The van der Waals surface area contributed by atoms with Crippen LogP contribution >= 0.6 is 12.2 Å². The minimum atomic E-state index is 0.0469. The normalized spacial score (nSPS) is 13.3. The first kappa shape index (κ1) is 18.0. The zero-order chi connectivity index (χ0) is 16.2. The molecule has 2 nitrogen and oxygen atoms in total. The topological polar surface area (TPSA) is 35.2 Å². The summed E-state index contributed by atoms with van der Waals surface area (Å²) in [6, 6.07) is 6.47. The standard InChI is InChI=1S/C18H29NOS/c1-12(2)11-20-16-8-7-14(13(3)9-17(19)21)10-15(16)18(4,5)6/h7-8,10,12-13H,9,11H2,1-6H3,(H2,19,21). The van der Waals surface area contributed by atoms with Crippen LogP contribution in [0.25, 0.3) is 0 Å². The molecule has 118 valence electrons. The van der Waals surface area contributed by atoms with Crippen LogP contribution in [0.2, 0.25) is 0 Å². The minimum absolute atomic E-state index is 0.0469. The van der Waals surface area contributed by atoms with E-state index in [1.807, 2.05) is 0 Å². The number of hydrogen-bond donors (Lipinski definition) is 1. The van der Waals surface area contributed by atoms with Gasteiger partial charge in [0.15, 0.2) is 0 Å². The second-order valence-corrected chi connectivity index (χ2v) is 7.81. The Balaban J connectivity index is 3.09. The Morgan fingerprint density at radius 2 is 1.86 bits per heavy atom. The molecule has 2 N–H and O–H groups in total. The summed E-state index contributed by atoms with van der Waals surface area (Å²) in [5, 5.41) is 0. The van der Waals surface area contributed by atoms with E-state index in [0.717, 1.165) is 18.8 Å². The van der Waals surface area contributed by atoms with Gasteiger partial charge in [0, 0.05) is 6.42 Å². The minimum Gasteiger partial charge on any atom is -0.493 e. The lowest BCUT2D eigenvalue weighted by atomic mass is 9.83. The molecule has 0 spiro atoms. The van der Waals surface area contributed by atoms with Crippen LogP contribution in [0, 0.1) is 5.92 Å². The zero-order valence-electron chi connectivity index (χ0n) is 14.2. The van der Waals surface area contributed by atoms with E-state index in [9.17, 15) is 0 Å². The molecule has 0 aliphatic rings.